The second-order valence-electron chi connectivity index (χ2n) is 12.3. The van der Waals surface area contributed by atoms with Crippen molar-refractivity contribution in [2.24, 2.45) is 0 Å². The van der Waals surface area contributed by atoms with Gasteiger partial charge in [0.15, 0.2) is 0 Å². The first-order valence-corrected chi connectivity index (χ1v) is 16.8. The van der Waals surface area contributed by atoms with E-state index in [1.54, 1.807) is 24.1 Å². The van der Waals surface area contributed by atoms with Gasteiger partial charge in [0.25, 0.3) is 11.8 Å². The number of nitrogens with zero attached hydrogens (tertiary/aromatic N) is 3. The zero-order valence-corrected chi connectivity index (χ0v) is 26.3. The van der Waals surface area contributed by atoms with E-state index in [-0.39, 0.29) is 18.0 Å². The van der Waals surface area contributed by atoms with Gasteiger partial charge in [0.1, 0.15) is 5.75 Å². The molecule has 1 atom stereocenters. The Hall–Kier alpha value is -3.67. The number of carbonyl (C=O) groups excluding carboxylic acids is 2. The van der Waals surface area contributed by atoms with E-state index < -0.39 is 22.2 Å². The van der Waals surface area contributed by atoms with Gasteiger partial charge in [-0.15, -0.1) is 0 Å². The number of piperidine rings is 1. The molecule has 11 heteroatoms. The zero-order valence-electron chi connectivity index (χ0n) is 25.5. The van der Waals surface area contributed by atoms with Crippen LogP contribution in [0, 0.1) is 0 Å². The van der Waals surface area contributed by atoms with Crippen LogP contribution in [0.5, 0.6) is 5.75 Å². The van der Waals surface area contributed by atoms with Gasteiger partial charge in [-0.3, -0.25) is 9.59 Å². The van der Waals surface area contributed by atoms with E-state index in [1.165, 1.54) is 26.1 Å². The summed E-state index contributed by atoms with van der Waals surface area (Å²) in [4.78, 5) is 29.0. The highest BCUT2D eigenvalue weighted by atomic mass is 32.2. The molecule has 2 aliphatic heterocycles. The number of aliphatic hydroxyl groups is 1. The summed E-state index contributed by atoms with van der Waals surface area (Å²) in [7, 11) is 0.364. The minimum Gasteiger partial charge on any atom is -0.497 e. The number of benzene rings is 2. The van der Waals surface area contributed by atoms with Crippen LogP contribution in [0.1, 0.15) is 72.3 Å². The molecule has 0 radical (unpaired) electrons. The van der Waals surface area contributed by atoms with Crippen LogP contribution in [0.15, 0.2) is 42.0 Å². The number of carbonyl (C=O) groups is 2. The van der Waals surface area contributed by atoms with E-state index in [0.717, 1.165) is 64.1 Å². The summed E-state index contributed by atoms with van der Waals surface area (Å²) in [6.07, 6.45) is 8.36. The average molecular weight is 621 g/mol. The number of nitrogens with one attached hydrogen (secondary N) is 1. The predicted octanol–water partition coefficient (Wildman–Crippen LogP) is 4.28. The maximum Gasteiger partial charge on any atom is 0.303 e. The molecular formula is C33H40N4O6S. The van der Waals surface area contributed by atoms with Crippen LogP contribution in [0.2, 0.25) is 0 Å². The highest BCUT2D eigenvalue weighted by Gasteiger charge is 2.32. The Morgan fingerprint density at radius 2 is 1.80 bits per heavy atom. The van der Waals surface area contributed by atoms with Crippen LogP contribution in [-0.2, 0) is 21.5 Å². The van der Waals surface area contributed by atoms with Gasteiger partial charge in [-0.25, -0.2) is 4.72 Å². The Balaban J connectivity index is 1.56. The fourth-order valence-electron chi connectivity index (χ4n) is 6.92. The molecule has 6 rings (SSSR count). The smallest absolute Gasteiger partial charge is 0.303 e. The van der Waals surface area contributed by atoms with Crippen LogP contribution >= 0.6 is 0 Å². The summed E-state index contributed by atoms with van der Waals surface area (Å²) < 4.78 is 35.7. The molecule has 1 aromatic heterocycles. The van der Waals surface area contributed by atoms with E-state index in [4.69, 9.17) is 4.74 Å². The summed E-state index contributed by atoms with van der Waals surface area (Å²) in [5, 5.41) is 11.3. The number of aromatic nitrogens is 1. The summed E-state index contributed by atoms with van der Waals surface area (Å²) in [6.45, 7) is 1.13. The average Bonchev–Trinajstić information content (AvgIpc) is 3.23. The van der Waals surface area contributed by atoms with Crippen molar-refractivity contribution in [1.29, 1.82) is 0 Å². The predicted molar refractivity (Wildman–Crippen MR) is 170 cm³/mol. The molecule has 0 bridgehead atoms. The Kier molecular flexibility index (Phi) is 8.29. The third-order valence-electron chi connectivity index (χ3n) is 9.21. The number of methoxy groups -OCH3 is 1. The zero-order chi connectivity index (χ0) is 31.2. The molecule has 2 N–H and O–H groups in total. The fraction of sp³-hybridized carbons (Fsp3) is 0.455. The molecule has 2 amide bonds. The summed E-state index contributed by atoms with van der Waals surface area (Å²) >= 11 is 0. The summed E-state index contributed by atoms with van der Waals surface area (Å²) in [5.41, 5.74) is 5.63. The van der Waals surface area contributed by atoms with Crippen molar-refractivity contribution >= 4 is 39.0 Å². The molecule has 234 valence electrons. The van der Waals surface area contributed by atoms with Crippen molar-refractivity contribution in [3.8, 4) is 17.0 Å². The molecule has 3 aromatic rings. The number of rotatable bonds is 6. The van der Waals surface area contributed by atoms with E-state index in [0.29, 0.717) is 36.8 Å². The van der Waals surface area contributed by atoms with Gasteiger partial charge >= 0.3 is 10.2 Å². The van der Waals surface area contributed by atoms with Gasteiger partial charge < -0.3 is 19.3 Å². The van der Waals surface area contributed by atoms with Gasteiger partial charge in [0, 0.05) is 54.8 Å². The molecule has 2 aromatic carbocycles. The lowest BCUT2D eigenvalue weighted by atomic mass is 9.81. The number of amides is 2. The lowest BCUT2D eigenvalue weighted by Crippen LogP contribution is -2.43. The number of fused-ring (bicyclic) bond motifs is 5. The fourth-order valence-corrected chi connectivity index (χ4v) is 7.46. The van der Waals surface area contributed by atoms with Crippen molar-refractivity contribution in [2.75, 3.05) is 34.3 Å². The second kappa shape index (κ2) is 12.0. The van der Waals surface area contributed by atoms with Crippen molar-refractivity contribution in [3.05, 3.63) is 58.7 Å². The Labute approximate surface area is 258 Å². The monoisotopic (exact) mass is 620 g/mol. The Bertz CT molecular complexity index is 1750. The number of ether oxygens (including phenoxy) is 1. The lowest BCUT2D eigenvalue weighted by molar-refractivity contribution is -0.130. The number of likely N-dealkylation sites (tertiary alicyclic amines) is 1. The minimum atomic E-state index is -3.98. The van der Waals surface area contributed by atoms with Crippen LogP contribution < -0.4 is 9.46 Å². The quantitative estimate of drug-likeness (QED) is 0.425. The number of aliphatic hydroxyl groups excluding tert-OH is 1. The first-order chi connectivity index (χ1) is 21.1. The largest absolute Gasteiger partial charge is 0.497 e. The molecule has 1 saturated heterocycles. The highest BCUT2D eigenvalue weighted by molar-refractivity contribution is 7.87. The normalized spacial score (nSPS) is 19.2. The molecule has 2 fully saturated rings. The molecule has 1 aliphatic carbocycles. The van der Waals surface area contributed by atoms with Crippen LogP contribution in [0.3, 0.4) is 0 Å². The van der Waals surface area contributed by atoms with Crippen molar-refractivity contribution in [1.82, 2.24) is 18.5 Å². The standard InChI is InChI=1S/C33H40N4O6S/c1-35(2)44(41,42)34-32(39)22-11-13-28-29(18-22)37-19-24(33(40)36-15-7-10-25(38)20-36)16-23-17-26(43-3)12-14-27(23)31(37)30(28)21-8-5-4-6-9-21/h11-14,16-18,21,25,38H,4-10,15,19-20H2,1-3H3,(H,34,39)/t25-/m0/s1. The maximum absolute atomic E-state index is 14.0. The third-order valence-corrected chi connectivity index (χ3v) is 10.6. The molecule has 3 heterocycles. The molecule has 1 saturated carbocycles. The van der Waals surface area contributed by atoms with Gasteiger partial charge in [0.05, 0.1) is 25.5 Å². The van der Waals surface area contributed by atoms with Gasteiger partial charge in [-0.2, -0.15) is 12.7 Å². The van der Waals surface area contributed by atoms with Crippen LogP contribution in [0.4, 0.5) is 0 Å². The molecule has 3 aliphatic rings. The van der Waals surface area contributed by atoms with Gasteiger partial charge in [0.2, 0.25) is 0 Å². The highest BCUT2D eigenvalue weighted by Crippen LogP contribution is 2.47. The van der Waals surface area contributed by atoms with Crippen LogP contribution in [0.25, 0.3) is 28.2 Å². The van der Waals surface area contributed by atoms with Gasteiger partial charge in [-0.1, -0.05) is 25.3 Å². The Morgan fingerprint density at radius 1 is 1.02 bits per heavy atom. The topological polar surface area (TPSA) is 121 Å². The molecule has 44 heavy (non-hydrogen) atoms. The Morgan fingerprint density at radius 3 is 2.50 bits per heavy atom. The molecule has 0 unspecified atom stereocenters. The minimum absolute atomic E-state index is 0.127. The maximum atomic E-state index is 14.0. The van der Waals surface area contributed by atoms with Gasteiger partial charge in [-0.05, 0) is 79.1 Å². The SMILES string of the molecule is COc1ccc2c(c1)C=C(C(=O)N1CCC[C@H](O)C1)Cn1c-2c(C2CCCCC2)c2ccc(C(=O)NS(=O)(=O)N(C)C)cc21. The number of hydrogen-bond donors (Lipinski definition) is 2. The number of β-amino-alcohol motifs (C(OH)–C–C–N with tert-alkyl or cyclic N) is 1. The summed E-state index contributed by atoms with van der Waals surface area (Å²) in [6, 6.07) is 11.3. The van der Waals surface area contributed by atoms with Crippen LogP contribution in [-0.4, -0.2) is 79.5 Å². The second-order valence-corrected chi connectivity index (χ2v) is 14.2. The van der Waals surface area contributed by atoms with Crippen molar-refractivity contribution < 1.29 is 27.9 Å². The van der Waals surface area contributed by atoms with Crippen molar-refractivity contribution in [2.45, 2.75) is 63.5 Å². The lowest BCUT2D eigenvalue weighted by Gasteiger charge is -2.31. The molecule has 0 spiro atoms. The van der Waals surface area contributed by atoms with E-state index in [2.05, 4.69) is 9.29 Å². The number of hydrogen-bond acceptors (Lipinski definition) is 6. The molecular weight excluding hydrogens is 580 g/mol. The van der Waals surface area contributed by atoms with E-state index >= 15 is 0 Å². The van der Waals surface area contributed by atoms with Crippen molar-refractivity contribution in [3.63, 3.8) is 0 Å². The van der Waals surface area contributed by atoms with E-state index in [1.807, 2.05) is 30.3 Å². The van der Waals surface area contributed by atoms with E-state index in [9.17, 15) is 23.1 Å². The first-order valence-electron chi connectivity index (χ1n) is 15.3. The first kappa shape index (κ1) is 30.4. The molecule has 10 nitrogen and oxygen atoms in total. The summed E-state index contributed by atoms with van der Waals surface area (Å²) in [5.74, 6) is 0.145. The third kappa shape index (κ3) is 5.64.